The molecule has 0 fully saturated rings. The number of para-hydroxylation sites is 2. The van der Waals surface area contributed by atoms with Crippen molar-refractivity contribution < 1.29 is 24.5 Å². The maximum atomic E-state index is 5.97. The van der Waals surface area contributed by atoms with Crippen LogP contribution in [0.15, 0.2) is 113 Å². The second-order valence-corrected chi connectivity index (χ2v) is 11.5. The molecule has 8 rings (SSSR count). The van der Waals surface area contributed by atoms with Gasteiger partial charge in [0.15, 0.2) is 0 Å². The molecule has 4 nitrogen and oxygen atoms in total. The van der Waals surface area contributed by atoms with E-state index in [1.807, 2.05) is 66.7 Å². The van der Waals surface area contributed by atoms with Crippen molar-refractivity contribution in [2.45, 2.75) is 33.2 Å². The van der Waals surface area contributed by atoms with Gasteiger partial charge >= 0.3 is 0 Å². The molecule has 1 radical (unpaired) electrons. The number of rotatable bonds is 3. The van der Waals surface area contributed by atoms with Crippen LogP contribution in [0.5, 0.6) is 0 Å². The molecule has 0 saturated carbocycles. The van der Waals surface area contributed by atoms with Crippen molar-refractivity contribution in [2.24, 2.45) is 5.92 Å². The Morgan fingerprint density at radius 1 is 0.814 bits per heavy atom. The van der Waals surface area contributed by atoms with E-state index in [0.29, 0.717) is 5.92 Å². The third kappa shape index (κ3) is 4.93. The van der Waals surface area contributed by atoms with Gasteiger partial charge in [-0.1, -0.05) is 73.3 Å². The molecule has 0 spiro atoms. The minimum atomic E-state index is -0.101. The van der Waals surface area contributed by atoms with Crippen molar-refractivity contribution in [2.75, 3.05) is 0 Å². The van der Waals surface area contributed by atoms with E-state index in [2.05, 4.69) is 85.8 Å². The molecule has 0 aliphatic carbocycles. The third-order valence-electron chi connectivity index (χ3n) is 8.12. The molecule has 0 amide bonds. The molecule has 0 atom stereocenters. The Hall–Kier alpha value is -4.31. The Morgan fingerprint density at radius 2 is 1.63 bits per heavy atom. The van der Waals surface area contributed by atoms with Crippen LogP contribution in [0.3, 0.4) is 0 Å². The SMILES string of the molecule is CC(C)C1=Cc2cccc3nc(-c4[c-]cccc4)n(c23)C1(C)C.[Ir].[c-]1ccc2c(oc3ccccc32)c1-c1ccccn1. The maximum absolute atomic E-state index is 5.97. The molecule has 1 aliphatic heterocycles. The molecule has 7 aromatic rings. The standard InChI is InChI=1S/C21H21N2.C17H10NO.Ir/c1-14(2)17-13-16-11-8-12-18-19(16)23(21(17,3)4)20(22-18)15-9-6-5-7-10-15;1-2-10-16-12(6-1)13-7-5-8-14(17(13)19-16)15-9-3-4-11-18-15;/h5-9,11-14H,1-4H3;1-7,9-11H;/q2*-1;. The predicted molar refractivity (Wildman–Crippen MR) is 172 cm³/mol. The van der Waals surface area contributed by atoms with Crippen LogP contribution in [0.25, 0.3) is 61.7 Å². The summed E-state index contributed by atoms with van der Waals surface area (Å²) < 4.78 is 8.37. The monoisotopic (exact) mass is 738 g/mol. The molecule has 43 heavy (non-hydrogen) atoms. The van der Waals surface area contributed by atoms with Crippen LogP contribution in [-0.4, -0.2) is 14.5 Å². The molecule has 4 aromatic carbocycles. The number of fused-ring (bicyclic) bond motifs is 3. The first kappa shape index (κ1) is 28.8. The summed E-state index contributed by atoms with van der Waals surface area (Å²) in [5, 5.41) is 2.23. The molecule has 0 unspecified atom stereocenters. The molecule has 4 heterocycles. The van der Waals surface area contributed by atoms with Gasteiger partial charge in [-0.15, -0.1) is 54.1 Å². The zero-order chi connectivity index (χ0) is 28.8. The molecule has 5 heteroatoms. The number of hydrogen-bond donors (Lipinski definition) is 0. The smallest absolute Gasteiger partial charge is 0.120 e. The zero-order valence-corrected chi connectivity index (χ0v) is 26.9. The summed E-state index contributed by atoms with van der Waals surface area (Å²) in [7, 11) is 0. The fourth-order valence-electron chi connectivity index (χ4n) is 6.26. The van der Waals surface area contributed by atoms with Crippen molar-refractivity contribution in [3.8, 4) is 22.6 Å². The van der Waals surface area contributed by atoms with Crippen LogP contribution >= 0.6 is 0 Å². The van der Waals surface area contributed by atoms with Gasteiger partial charge in [-0.3, -0.25) is 4.98 Å². The van der Waals surface area contributed by atoms with Crippen LogP contribution in [0.2, 0.25) is 0 Å². The molecule has 0 N–H and O–H groups in total. The summed E-state index contributed by atoms with van der Waals surface area (Å²) in [6.07, 6.45) is 4.14. The van der Waals surface area contributed by atoms with Crippen molar-refractivity contribution in [1.82, 2.24) is 14.5 Å². The molecule has 0 saturated heterocycles. The van der Waals surface area contributed by atoms with Gasteiger partial charge in [-0.2, -0.15) is 0 Å². The molecule has 215 valence electrons. The topological polar surface area (TPSA) is 43.9 Å². The Labute approximate surface area is 265 Å². The van der Waals surface area contributed by atoms with Gasteiger partial charge in [-0.25, -0.2) is 0 Å². The quantitative estimate of drug-likeness (QED) is 0.170. The first-order valence-corrected chi connectivity index (χ1v) is 14.4. The Bertz CT molecular complexity index is 2090. The van der Waals surface area contributed by atoms with Gasteiger partial charge in [0.05, 0.1) is 28.0 Å². The second kappa shape index (κ2) is 11.4. The van der Waals surface area contributed by atoms with Gasteiger partial charge in [0.2, 0.25) is 0 Å². The van der Waals surface area contributed by atoms with Gasteiger partial charge < -0.3 is 14.0 Å². The third-order valence-corrected chi connectivity index (χ3v) is 8.12. The number of allylic oxidation sites excluding steroid dienone is 1. The Kier molecular flexibility index (Phi) is 7.64. The predicted octanol–water partition coefficient (Wildman–Crippen LogP) is 9.74. The minimum absolute atomic E-state index is 0. The second-order valence-electron chi connectivity index (χ2n) is 11.5. The molecule has 1 aliphatic rings. The summed E-state index contributed by atoms with van der Waals surface area (Å²) in [6.45, 7) is 9.12. The largest absolute Gasteiger partial charge is 0.501 e. The van der Waals surface area contributed by atoms with Crippen LogP contribution < -0.4 is 0 Å². The first-order valence-electron chi connectivity index (χ1n) is 14.4. The van der Waals surface area contributed by atoms with Crippen LogP contribution in [0, 0.1) is 18.1 Å². The molecular weight excluding hydrogens is 707 g/mol. The van der Waals surface area contributed by atoms with E-state index in [9.17, 15) is 0 Å². The zero-order valence-electron chi connectivity index (χ0n) is 24.6. The molecule has 3 aromatic heterocycles. The Balaban J connectivity index is 0.000000152. The fourth-order valence-corrected chi connectivity index (χ4v) is 6.26. The van der Waals surface area contributed by atoms with Crippen LogP contribution in [0.1, 0.15) is 33.3 Å². The number of benzene rings is 4. The number of hydrogen-bond acceptors (Lipinski definition) is 3. The Morgan fingerprint density at radius 3 is 2.40 bits per heavy atom. The number of nitrogens with zero attached hydrogens (tertiary/aromatic N) is 3. The van der Waals surface area contributed by atoms with Gasteiger partial charge in [0, 0.05) is 31.7 Å². The van der Waals surface area contributed by atoms with Crippen LogP contribution in [-0.2, 0) is 25.6 Å². The minimum Gasteiger partial charge on any atom is -0.501 e. The van der Waals surface area contributed by atoms with E-state index in [-0.39, 0.29) is 25.6 Å². The number of furan rings is 1. The average molecular weight is 738 g/mol. The summed E-state index contributed by atoms with van der Waals surface area (Å²) in [4.78, 5) is 9.32. The van der Waals surface area contributed by atoms with E-state index in [1.165, 1.54) is 16.7 Å². The first-order chi connectivity index (χ1) is 20.4. The summed E-state index contributed by atoms with van der Waals surface area (Å²) in [5.41, 5.74) is 9.48. The number of imidazole rings is 1. The molecular formula is C38H31IrN3O-2. The van der Waals surface area contributed by atoms with E-state index < -0.39 is 0 Å². The summed E-state index contributed by atoms with van der Waals surface area (Å²) in [6, 6.07) is 38.9. The fraction of sp³-hybridized carbons (Fsp3) is 0.158. The average Bonchev–Trinajstić information content (AvgIpc) is 3.61. The summed E-state index contributed by atoms with van der Waals surface area (Å²) >= 11 is 0. The van der Waals surface area contributed by atoms with E-state index in [0.717, 1.165) is 50.1 Å². The van der Waals surface area contributed by atoms with Crippen molar-refractivity contribution in [3.63, 3.8) is 0 Å². The van der Waals surface area contributed by atoms with E-state index >= 15 is 0 Å². The summed E-state index contributed by atoms with van der Waals surface area (Å²) in [5.74, 6) is 1.49. The van der Waals surface area contributed by atoms with Crippen LogP contribution in [0.4, 0.5) is 0 Å². The number of pyridine rings is 1. The van der Waals surface area contributed by atoms with Crippen molar-refractivity contribution in [3.05, 3.63) is 127 Å². The van der Waals surface area contributed by atoms with E-state index in [4.69, 9.17) is 9.40 Å². The van der Waals surface area contributed by atoms with Gasteiger partial charge in [0.1, 0.15) is 5.58 Å². The van der Waals surface area contributed by atoms with Gasteiger partial charge in [0.25, 0.3) is 0 Å². The number of aromatic nitrogens is 3. The van der Waals surface area contributed by atoms with Crippen molar-refractivity contribution >= 4 is 39.0 Å². The maximum Gasteiger partial charge on any atom is 0.120 e. The molecule has 0 bridgehead atoms. The van der Waals surface area contributed by atoms with Gasteiger partial charge in [-0.05, 0) is 54.8 Å². The normalized spacial score (nSPS) is 13.5. The van der Waals surface area contributed by atoms with E-state index in [1.54, 1.807) is 6.20 Å². The van der Waals surface area contributed by atoms with Crippen molar-refractivity contribution in [1.29, 1.82) is 0 Å².